The third-order valence-electron chi connectivity index (χ3n) is 1.50. The Hall–Kier alpha value is -0.320. The van der Waals surface area contributed by atoms with E-state index in [1.165, 1.54) is 6.92 Å². The van der Waals surface area contributed by atoms with Crippen LogP contribution in [0.1, 0.15) is 26.7 Å². The highest BCUT2D eigenvalue weighted by Gasteiger charge is 2.40. The number of hydrogen-bond donors (Lipinski definition) is 0. The van der Waals surface area contributed by atoms with E-state index in [4.69, 9.17) is 0 Å². The first-order valence-corrected chi connectivity index (χ1v) is 5.82. The van der Waals surface area contributed by atoms with Gasteiger partial charge < -0.3 is 4.74 Å². The second kappa shape index (κ2) is 7.04. The molecule has 0 atom stereocenters. The van der Waals surface area contributed by atoms with Crippen molar-refractivity contribution in [1.82, 2.24) is 0 Å². The molecule has 0 rings (SSSR count). The zero-order chi connectivity index (χ0) is 11.0. The van der Waals surface area contributed by atoms with Crippen molar-refractivity contribution in [2.75, 3.05) is 18.1 Å². The van der Waals surface area contributed by atoms with Crippen LogP contribution in [0.2, 0.25) is 0 Å². The molecule has 0 radical (unpaired) electrons. The molecule has 2 nitrogen and oxygen atoms in total. The van der Waals surface area contributed by atoms with Gasteiger partial charge in [0.15, 0.2) is 0 Å². The van der Waals surface area contributed by atoms with Crippen LogP contribution in [0.25, 0.3) is 0 Å². The fourth-order valence-corrected chi connectivity index (χ4v) is 1.75. The molecular weight excluding hydrogens is 210 g/mol. The van der Waals surface area contributed by atoms with Gasteiger partial charge in [-0.25, -0.2) is 4.79 Å². The minimum absolute atomic E-state index is 0.00590. The van der Waals surface area contributed by atoms with E-state index in [0.29, 0.717) is 5.75 Å². The molecule has 0 aliphatic carbocycles. The van der Waals surface area contributed by atoms with E-state index in [1.807, 2.05) is 6.92 Å². The fourth-order valence-electron chi connectivity index (χ4n) is 0.742. The number of alkyl halides is 2. The van der Waals surface area contributed by atoms with Gasteiger partial charge in [-0.3, -0.25) is 0 Å². The maximum atomic E-state index is 12.9. The average molecular weight is 226 g/mol. The minimum atomic E-state index is -3.34. The van der Waals surface area contributed by atoms with Gasteiger partial charge >= 0.3 is 11.9 Å². The van der Waals surface area contributed by atoms with E-state index in [9.17, 15) is 13.6 Å². The number of carbonyl (C=O) groups is 1. The van der Waals surface area contributed by atoms with Gasteiger partial charge in [0, 0.05) is 0 Å². The maximum absolute atomic E-state index is 12.9. The zero-order valence-electron chi connectivity index (χ0n) is 8.52. The molecule has 5 heteroatoms. The van der Waals surface area contributed by atoms with Crippen molar-refractivity contribution in [3.05, 3.63) is 0 Å². The van der Waals surface area contributed by atoms with Crippen LogP contribution in [0.5, 0.6) is 0 Å². The van der Waals surface area contributed by atoms with E-state index < -0.39 is 17.6 Å². The van der Waals surface area contributed by atoms with Crippen molar-refractivity contribution < 1.29 is 18.3 Å². The fraction of sp³-hybridized carbons (Fsp3) is 0.889. The highest BCUT2D eigenvalue weighted by Crippen LogP contribution is 2.22. The van der Waals surface area contributed by atoms with E-state index in [1.54, 1.807) is 0 Å². The highest BCUT2D eigenvalue weighted by molar-refractivity contribution is 7.99. The summed E-state index contributed by atoms with van der Waals surface area (Å²) in [6.45, 7) is 3.50. The highest BCUT2D eigenvalue weighted by atomic mass is 32.2. The summed E-state index contributed by atoms with van der Waals surface area (Å²) in [7, 11) is 0. The molecule has 0 bridgehead atoms. The Kier molecular flexibility index (Phi) is 6.87. The molecule has 0 aromatic heterocycles. The Morgan fingerprint density at radius 2 is 2.07 bits per heavy atom. The summed E-state index contributed by atoms with van der Waals surface area (Å²) >= 11 is 1.09. The molecule has 0 saturated heterocycles. The van der Waals surface area contributed by atoms with E-state index in [-0.39, 0.29) is 6.61 Å². The van der Waals surface area contributed by atoms with Gasteiger partial charge in [-0.1, -0.05) is 13.3 Å². The van der Waals surface area contributed by atoms with Gasteiger partial charge in [-0.05, 0) is 19.1 Å². The molecule has 0 unspecified atom stereocenters. The lowest BCUT2D eigenvalue weighted by Gasteiger charge is -2.13. The lowest BCUT2D eigenvalue weighted by Crippen LogP contribution is -2.33. The lowest BCUT2D eigenvalue weighted by molar-refractivity contribution is -0.167. The largest absolute Gasteiger partial charge is 0.462 e. The number of halogens is 2. The molecule has 0 aromatic carbocycles. The van der Waals surface area contributed by atoms with Gasteiger partial charge in [-0.2, -0.15) is 20.5 Å². The Bertz CT molecular complexity index is 174. The quantitative estimate of drug-likeness (QED) is 0.493. The molecule has 0 fully saturated rings. The number of rotatable bonds is 7. The third-order valence-corrected chi connectivity index (χ3v) is 2.64. The molecule has 0 aromatic rings. The molecule has 14 heavy (non-hydrogen) atoms. The molecule has 0 aliphatic heterocycles. The normalized spacial score (nSPS) is 11.4. The topological polar surface area (TPSA) is 26.3 Å². The number of unbranched alkanes of at least 4 members (excludes halogenated alkanes) is 1. The summed E-state index contributed by atoms with van der Waals surface area (Å²) < 4.78 is 30.1. The Balaban J connectivity index is 3.76. The first-order valence-electron chi connectivity index (χ1n) is 4.67. The summed E-state index contributed by atoms with van der Waals surface area (Å²) in [4.78, 5) is 10.7. The first-order chi connectivity index (χ1) is 6.54. The second-order valence-electron chi connectivity index (χ2n) is 2.83. The number of carbonyl (C=O) groups excluding carboxylic acids is 1. The van der Waals surface area contributed by atoms with Crippen molar-refractivity contribution in [3.63, 3.8) is 0 Å². The summed E-state index contributed by atoms with van der Waals surface area (Å²) in [6, 6.07) is 0. The standard InChI is InChI=1S/C9H16F2O2S/c1-3-5-6-14-7-9(10,11)8(12)13-4-2/h3-7H2,1-2H3. The summed E-state index contributed by atoms with van der Waals surface area (Å²) in [5.41, 5.74) is 0. The molecule has 0 spiro atoms. The molecule has 0 N–H and O–H groups in total. The van der Waals surface area contributed by atoms with Crippen LogP contribution in [0.3, 0.4) is 0 Å². The van der Waals surface area contributed by atoms with Gasteiger partial charge in [0.2, 0.25) is 0 Å². The lowest BCUT2D eigenvalue weighted by atomic mass is 10.4. The van der Waals surface area contributed by atoms with Crippen LogP contribution < -0.4 is 0 Å². The van der Waals surface area contributed by atoms with Crippen LogP contribution in [0, 0.1) is 0 Å². The second-order valence-corrected chi connectivity index (χ2v) is 3.94. The van der Waals surface area contributed by atoms with Gasteiger partial charge in [0.25, 0.3) is 0 Å². The number of ether oxygens (including phenoxy) is 1. The SMILES string of the molecule is CCCCSCC(F)(F)C(=O)OCC. The van der Waals surface area contributed by atoms with Crippen LogP contribution in [0.15, 0.2) is 0 Å². The van der Waals surface area contributed by atoms with Crippen molar-refractivity contribution in [2.24, 2.45) is 0 Å². The van der Waals surface area contributed by atoms with E-state index >= 15 is 0 Å². The number of hydrogen-bond acceptors (Lipinski definition) is 3. The summed E-state index contributed by atoms with van der Waals surface area (Å²) in [5, 5.41) is 0. The third kappa shape index (κ3) is 5.42. The molecule has 0 heterocycles. The van der Waals surface area contributed by atoms with E-state index in [2.05, 4.69) is 4.74 Å². The van der Waals surface area contributed by atoms with Crippen LogP contribution >= 0.6 is 11.8 Å². The van der Waals surface area contributed by atoms with Crippen molar-refractivity contribution in [3.8, 4) is 0 Å². The summed E-state index contributed by atoms with van der Waals surface area (Å²) in [6.07, 6.45) is 1.86. The minimum Gasteiger partial charge on any atom is -0.462 e. The van der Waals surface area contributed by atoms with Crippen LogP contribution in [0.4, 0.5) is 8.78 Å². The molecular formula is C9H16F2O2S. The number of esters is 1. The van der Waals surface area contributed by atoms with Gasteiger partial charge in [0.1, 0.15) is 0 Å². The zero-order valence-corrected chi connectivity index (χ0v) is 9.33. The molecule has 0 saturated carbocycles. The Morgan fingerprint density at radius 3 is 2.57 bits per heavy atom. The van der Waals surface area contributed by atoms with Crippen molar-refractivity contribution in [1.29, 1.82) is 0 Å². The molecule has 0 amide bonds. The van der Waals surface area contributed by atoms with Crippen LogP contribution in [-0.4, -0.2) is 30.0 Å². The van der Waals surface area contributed by atoms with Gasteiger partial charge in [0.05, 0.1) is 12.4 Å². The van der Waals surface area contributed by atoms with Crippen LogP contribution in [-0.2, 0) is 9.53 Å². The van der Waals surface area contributed by atoms with Gasteiger partial charge in [-0.15, -0.1) is 0 Å². The maximum Gasteiger partial charge on any atom is 0.377 e. The average Bonchev–Trinajstić information content (AvgIpc) is 2.13. The first kappa shape index (κ1) is 13.7. The molecule has 84 valence electrons. The monoisotopic (exact) mass is 226 g/mol. The van der Waals surface area contributed by atoms with Crippen molar-refractivity contribution >= 4 is 17.7 Å². The van der Waals surface area contributed by atoms with Crippen molar-refractivity contribution in [2.45, 2.75) is 32.6 Å². The smallest absolute Gasteiger partial charge is 0.377 e. The molecule has 0 aliphatic rings. The van der Waals surface area contributed by atoms with E-state index in [0.717, 1.165) is 24.6 Å². The number of thioether (sulfide) groups is 1. The predicted octanol–water partition coefficient (Wildman–Crippen LogP) is 2.72. The predicted molar refractivity (Wildman–Crippen MR) is 53.8 cm³/mol. The Morgan fingerprint density at radius 1 is 1.43 bits per heavy atom. The Labute approximate surface area is 87.4 Å². The summed E-state index contributed by atoms with van der Waals surface area (Å²) in [5.74, 6) is -4.57.